The zero-order chi connectivity index (χ0) is 15.2. The van der Waals surface area contributed by atoms with Gasteiger partial charge in [0.05, 0.1) is 13.0 Å². The molecule has 0 atom stereocenters. The largest absolute Gasteiger partial charge is 0.469 e. The van der Waals surface area contributed by atoms with E-state index in [1.807, 2.05) is 12.1 Å². The molecule has 112 valence electrons. The van der Waals surface area contributed by atoms with E-state index >= 15 is 0 Å². The van der Waals surface area contributed by atoms with Gasteiger partial charge in [0.2, 0.25) is 5.91 Å². The van der Waals surface area contributed by atoms with Gasteiger partial charge in [0.15, 0.2) is 0 Å². The van der Waals surface area contributed by atoms with Gasteiger partial charge in [0, 0.05) is 24.2 Å². The van der Waals surface area contributed by atoms with Crippen LogP contribution in [0.15, 0.2) is 30.3 Å². The van der Waals surface area contributed by atoms with Crippen LogP contribution in [0.5, 0.6) is 0 Å². The maximum Gasteiger partial charge on any atom is 0.308 e. The maximum atomic E-state index is 12.1. The van der Waals surface area contributed by atoms with E-state index in [4.69, 9.17) is 16.3 Å². The summed E-state index contributed by atoms with van der Waals surface area (Å²) in [5.74, 6) is -0.300. The Morgan fingerprint density at radius 3 is 2.43 bits per heavy atom. The van der Waals surface area contributed by atoms with Crippen LogP contribution in [0.1, 0.15) is 18.4 Å². The summed E-state index contributed by atoms with van der Waals surface area (Å²) in [7, 11) is 1.40. The van der Waals surface area contributed by atoms with Gasteiger partial charge in [-0.05, 0) is 36.6 Å². The number of nitrogens with zero attached hydrogens (tertiary/aromatic N) is 1. The Bertz CT molecular complexity index is 531. The van der Waals surface area contributed by atoms with Gasteiger partial charge in [-0.3, -0.25) is 9.59 Å². The minimum Gasteiger partial charge on any atom is -0.469 e. The second kappa shape index (κ2) is 7.27. The van der Waals surface area contributed by atoms with E-state index in [-0.39, 0.29) is 17.8 Å². The highest BCUT2D eigenvalue weighted by molar-refractivity contribution is 6.30. The van der Waals surface area contributed by atoms with Crippen LogP contribution in [-0.4, -0.2) is 37.0 Å². The zero-order valence-corrected chi connectivity index (χ0v) is 12.7. The summed E-state index contributed by atoms with van der Waals surface area (Å²) in [6.45, 7) is 1.17. The van der Waals surface area contributed by atoms with Crippen molar-refractivity contribution in [2.45, 2.75) is 12.8 Å². The van der Waals surface area contributed by atoms with Gasteiger partial charge in [-0.15, -0.1) is 0 Å². The molecule has 1 aromatic carbocycles. The number of carbonyl (C=O) groups excluding carboxylic acids is 2. The molecular weight excluding hydrogens is 290 g/mol. The van der Waals surface area contributed by atoms with Gasteiger partial charge in [0.25, 0.3) is 0 Å². The topological polar surface area (TPSA) is 46.6 Å². The van der Waals surface area contributed by atoms with Crippen LogP contribution in [0.2, 0.25) is 5.02 Å². The number of rotatable bonds is 3. The van der Waals surface area contributed by atoms with Crippen molar-refractivity contribution in [3.05, 3.63) is 40.9 Å². The Labute approximate surface area is 129 Å². The van der Waals surface area contributed by atoms with Crippen LogP contribution < -0.4 is 0 Å². The van der Waals surface area contributed by atoms with Crippen molar-refractivity contribution in [2.75, 3.05) is 20.2 Å². The third-order valence-corrected chi connectivity index (χ3v) is 3.88. The predicted molar refractivity (Wildman–Crippen MR) is 81.8 cm³/mol. The molecule has 0 bridgehead atoms. The summed E-state index contributed by atoms with van der Waals surface area (Å²) >= 11 is 5.81. The van der Waals surface area contributed by atoms with Gasteiger partial charge in [-0.2, -0.15) is 0 Å². The summed E-state index contributed by atoms with van der Waals surface area (Å²) in [6, 6.07) is 7.28. The minimum absolute atomic E-state index is 0.0340. The number of methoxy groups -OCH3 is 1. The van der Waals surface area contributed by atoms with E-state index in [1.165, 1.54) is 7.11 Å². The van der Waals surface area contributed by atoms with Gasteiger partial charge >= 0.3 is 5.97 Å². The van der Waals surface area contributed by atoms with Crippen molar-refractivity contribution in [1.29, 1.82) is 0 Å². The molecule has 21 heavy (non-hydrogen) atoms. The lowest BCUT2D eigenvalue weighted by molar-refractivity contribution is -0.148. The first-order valence-corrected chi connectivity index (χ1v) is 7.28. The molecule has 1 aliphatic heterocycles. The lowest BCUT2D eigenvalue weighted by Gasteiger charge is -2.29. The highest BCUT2D eigenvalue weighted by Gasteiger charge is 2.26. The smallest absolute Gasteiger partial charge is 0.308 e. The molecule has 1 amide bonds. The second-order valence-electron chi connectivity index (χ2n) is 5.01. The number of ether oxygens (including phenoxy) is 1. The van der Waals surface area contributed by atoms with Crippen LogP contribution in [-0.2, 0) is 14.3 Å². The van der Waals surface area contributed by atoms with Crippen LogP contribution in [0.4, 0.5) is 0 Å². The Balaban J connectivity index is 1.87. The highest BCUT2D eigenvalue weighted by Crippen LogP contribution is 2.19. The van der Waals surface area contributed by atoms with Crippen molar-refractivity contribution in [2.24, 2.45) is 5.92 Å². The van der Waals surface area contributed by atoms with Crippen LogP contribution in [0.3, 0.4) is 0 Å². The first kappa shape index (κ1) is 15.6. The maximum absolute atomic E-state index is 12.1. The van der Waals surface area contributed by atoms with E-state index in [0.717, 1.165) is 5.56 Å². The van der Waals surface area contributed by atoms with Gasteiger partial charge in [0.1, 0.15) is 0 Å². The van der Waals surface area contributed by atoms with E-state index in [2.05, 4.69) is 0 Å². The van der Waals surface area contributed by atoms with Crippen molar-refractivity contribution in [3.63, 3.8) is 0 Å². The minimum atomic E-state index is -0.182. The number of likely N-dealkylation sites (tertiary alicyclic amines) is 1. The molecule has 0 spiro atoms. The van der Waals surface area contributed by atoms with Crippen molar-refractivity contribution in [1.82, 2.24) is 4.90 Å². The molecular formula is C16H18ClNO3. The molecule has 0 saturated carbocycles. The molecule has 0 aliphatic carbocycles. The number of halogens is 1. The molecule has 1 heterocycles. The summed E-state index contributed by atoms with van der Waals surface area (Å²) in [4.78, 5) is 25.3. The van der Waals surface area contributed by atoms with Gasteiger partial charge in [-0.1, -0.05) is 23.7 Å². The zero-order valence-electron chi connectivity index (χ0n) is 11.9. The predicted octanol–water partition coefficient (Wildman–Crippen LogP) is 2.76. The van der Waals surface area contributed by atoms with E-state index < -0.39 is 0 Å². The normalized spacial score (nSPS) is 16.2. The Kier molecular flexibility index (Phi) is 5.39. The first-order valence-electron chi connectivity index (χ1n) is 6.90. The quantitative estimate of drug-likeness (QED) is 0.637. The van der Waals surface area contributed by atoms with E-state index in [9.17, 15) is 9.59 Å². The molecule has 1 saturated heterocycles. The van der Waals surface area contributed by atoms with E-state index in [0.29, 0.717) is 31.0 Å². The number of piperidine rings is 1. The fraction of sp³-hybridized carbons (Fsp3) is 0.375. The fourth-order valence-corrected chi connectivity index (χ4v) is 2.48. The van der Waals surface area contributed by atoms with Crippen molar-refractivity contribution in [3.8, 4) is 0 Å². The number of esters is 1. The average Bonchev–Trinajstić information content (AvgIpc) is 2.53. The lowest BCUT2D eigenvalue weighted by atomic mass is 9.97. The molecule has 0 unspecified atom stereocenters. The van der Waals surface area contributed by atoms with Gasteiger partial charge < -0.3 is 9.64 Å². The van der Waals surface area contributed by atoms with Crippen LogP contribution >= 0.6 is 11.6 Å². The summed E-state index contributed by atoms with van der Waals surface area (Å²) in [5.41, 5.74) is 0.928. The Hall–Kier alpha value is -1.81. The summed E-state index contributed by atoms with van der Waals surface area (Å²) in [5, 5.41) is 0.670. The summed E-state index contributed by atoms with van der Waals surface area (Å²) in [6.07, 6.45) is 4.65. The van der Waals surface area contributed by atoms with Crippen LogP contribution in [0, 0.1) is 5.92 Å². The number of carbonyl (C=O) groups is 2. The first-order chi connectivity index (χ1) is 10.1. The van der Waals surface area contributed by atoms with Crippen molar-refractivity contribution >= 4 is 29.6 Å². The number of hydrogen-bond acceptors (Lipinski definition) is 3. The fourth-order valence-electron chi connectivity index (χ4n) is 2.35. The van der Waals surface area contributed by atoms with Crippen LogP contribution in [0.25, 0.3) is 6.08 Å². The SMILES string of the molecule is COC(=O)C1CCN(C(=O)C=Cc2ccc(Cl)cc2)CC1. The third kappa shape index (κ3) is 4.33. The molecule has 5 heteroatoms. The third-order valence-electron chi connectivity index (χ3n) is 3.63. The number of benzene rings is 1. The molecule has 1 fully saturated rings. The molecule has 0 N–H and O–H groups in total. The second-order valence-corrected chi connectivity index (χ2v) is 5.44. The van der Waals surface area contributed by atoms with Crippen molar-refractivity contribution < 1.29 is 14.3 Å². The molecule has 1 aliphatic rings. The van der Waals surface area contributed by atoms with Gasteiger partial charge in [-0.25, -0.2) is 0 Å². The Morgan fingerprint density at radius 1 is 1.24 bits per heavy atom. The summed E-state index contributed by atoms with van der Waals surface area (Å²) < 4.78 is 4.73. The molecule has 2 rings (SSSR count). The Morgan fingerprint density at radius 2 is 1.86 bits per heavy atom. The molecule has 0 radical (unpaired) electrons. The standard InChI is InChI=1S/C16H18ClNO3/c1-21-16(20)13-8-10-18(11-9-13)15(19)7-4-12-2-5-14(17)6-3-12/h2-7,13H,8-11H2,1H3. The lowest BCUT2D eigenvalue weighted by Crippen LogP contribution is -2.39. The molecule has 4 nitrogen and oxygen atoms in total. The molecule has 0 aromatic heterocycles. The van der Waals surface area contributed by atoms with E-state index in [1.54, 1.807) is 29.2 Å². The number of hydrogen-bond donors (Lipinski definition) is 0. The average molecular weight is 308 g/mol. The number of amides is 1. The highest BCUT2D eigenvalue weighted by atomic mass is 35.5. The monoisotopic (exact) mass is 307 g/mol. The molecule has 1 aromatic rings.